The van der Waals surface area contributed by atoms with Gasteiger partial charge in [0.15, 0.2) is 5.79 Å². The van der Waals surface area contributed by atoms with Gasteiger partial charge in [-0.2, -0.15) is 0 Å². The Morgan fingerprint density at radius 2 is 1.90 bits per heavy atom. The third-order valence-corrected chi connectivity index (χ3v) is 5.36. The summed E-state index contributed by atoms with van der Waals surface area (Å²) in [4.78, 5) is 23.3. The minimum Gasteiger partial charge on any atom is -0.497 e. The SMILES string of the molecule is COc1ccc(CCNc2nccc(C(=O)N3CCC4(CC3)OCCO4)n2)cc1. The van der Waals surface area contributed by atoms with E-state index in [-0.39, 0.29) is 5.91 Å². The van der Waals surface area contributed by atoms with Crippen molar-refractivity contribution in [2.45, 2.75) is 25.0 Å². The second-order valence-corrected chi connectivity index (χ2v) is 7.19. The molecule has 0 atom stereocenters. The van der Waals surface area contributed by atoms with Crippen LogP contribution in [0.25, 0.3) is 0 Å². The summed E-state index contributed by atoms with van der Waals surface area (Å²) in [5.74, 6) is 0.723. The fraction of sp³-hybridized carbons (Fsp3) is 0.476. The highest BCUT2D eigenvalue weighted by Gasteiger charge is 2.41. The molecule has 0 saturated carbocycles. The summed E-state index contributed by atoms with van der Waals surface area (Å²) in [5.41, 5.74) is 1.58. The number of likely N-dealkylation sites (tertiary alicyclic amines) is 1. The molecule has 1 amide bonds. The maximum Gasteiger partial charge on any atom is 0.272 e. The normalized spacial score (nSPS) is 18.0. The molecule has 1 aromatic heterocycles. The first-order valence-corrected chi connectivity index (χ1v) is 9.94. The van der Waals surface area contributed by atoms with Crippen LogP contribution >= 0.6 is 0 Å². The minimum absolute atomic E-state index is 0.0848. The quantitative estimate of drug-likeness (QED) is 0.798. The van der Waals surface area contributed by atoms with Gasteiger partial charge in [-0.05, 0) is 30.2 Å². The largest absolute Gasteiger partial charge is 0.497 e. The highest BCUT2D eigenvalue weighted by atomic mass is 16.7. The fourth-order valence-electron chi connectivity index (χ4n) is 3.67. The van der Waals surface area contributed by atoms with Crippen LogP contribution in [0.2, 0.25) is 0 Å². The molecule has 2 aliphatic rings. The minimum atomic E-state index is -0.489. The number of nitrogens with one attached hydrogen (secondary N) is 1. The van der Waals surface area contributed by atoms with Gasteiger partial charge < -0.3 is 24.4 Å². The number of aromatic nitrogens is 2. The van der Waals surface area contributed by atoms with E-state index in [2.05, 4.69) is 15.3 Å². The molecule has 154 valence electrons. The number of rotatable bonds is 6. The standard InChI is InChI=1S/C21H26N4O4/c1-27-17-4-2-16(3-5-17)6-10-22-20-23-11-7-18(24-20)19(26)25-12-8-21(9-13-25)28-14-15-29-21/h2-5,7,11H,6,8-10,12-15H2,1H3,(H,22,23,24). The Balaban J connectivity index is 1.30. The van der Waals surface area contributed by atoms with Crippen LogP contribution in [-0.2, 0) is 15.9 Å². The first kappa shape index (κ1) is 19.6. The van der Waals surface area contributed by atoms with Gasteiger partial charge in [0.1, 0.15) is 11.4 Å². The molecule has 0 bridgehead atoms. The van der Waals surface area contributed by atoms with Gasteiger partial charge in [-0.1, -0.05) is 12.1 Å². The third kappa shape index (κ3) is 4.65. The van der Waals surface area contributed by atoms with Gasteiger partial charge >= 0.3 is 0 Å². The number of amides is 1. The maximum absolute atomic E-state index is 12.8. The Kier molecular flexibility index (Phi) is 5.92. The smallest absolute Gasteiger partial charge is 0.272 e. The van der Waals surface area contributed by atoms with Crippen LogP contribution < -0.4 is 10.1 Å². The Bertz CT molecular complexity index is 827. The summed E-state index contributed by atoms with van der Waals surface area (Å²) in [6.07, 6.45) is 3.82. The number of methoxy groups -OCH3 is 1. The molecule has 0 aliphatic carbocycles. The molecule has 2 fully saturated rings. The van der Waals surface area contributed by atoms with Crippen molar-refractivity contribution in [3.8, 4) is 5.75 Å². The Hall–Kier alpha value is -2.71. The Morgan fingerprint density at radius 3 is 2.59 bits per heavy atom. The second kappa shape index (κ2) is 8.75. The summed E-state index contributed by atoms with van der Waals surface area (Å²) >= 11 is 0. The van der Waals surface area contributed by atoms with Crippen LogP contribution in [0.3, 0.4) is 0 Å². The number of carbonyl (C=O) groups excluding carboxylic acids is 1. The molecular weight excluding hydrogens is 372 g/mol. The molecule has 8 nitrogen and oxygen atoms in total. The van der Waals surface area contributed by atoms with Crippen molar-refractivity contribution < 1.29 is 19.0 Å². The van der Waals surface area contributed by atoms with Crippen LogP contribution in [0.15, 0.2) is 36.5 Å². The molecule has 0 unspecified atom stereocenters. The van der Waals surface area contributed by atoms with Gasteiger partial charge in [0.2, 0.25) is 5.95 Å². The maximum atomic E-state index is 12.8. The van der Waals surface area contributed by atoms with Gasteiger partial charge in [0, 0.05) is 38.7 Å². The topological polar surface area (TPSA) is 85.8 Å². The fourth-order valence-corrected chi connectivity index (χ4v) is 3.67. The monoisotopic (exact) mass is 398 g/mol. The first-order chi connectivity index (χ1) is 14.2. The van der Waals surface area contributed by atoms with E-state index < -0.39 is 5.79 Å². The first-order valence-electron chi connectivity index (χ1n) is 9.94. The number of carbonyl (C=O) groups is 1. The van der Waals surface area contributed by atoms with E-state index >= 15 is 0 Å². The van der Waals surface area contributed by atoms with Gasteiger partial charge in [-0.25, -0.2) is 9.97 Å². The van der Waals surface area contributed by atoms with Crippen LogP contribution in [-0.4, -0.2) is 66.5 Å². The summed E-state index contributed by atoms with van der Waals surface area (Å²) in [6.45, 7) is 3.13. The molecule has 0 radical (unpaired) electrons. The number of benzene rings is 1. The third-order valence-electron chi connectivity index (χ3n) is 5.36. The van der Waals surface area contributed by atoms with Crippen molar-refractivity contribution in [1.82, 2.24) is 14.9 Å². The molecule has 1 N–H and O–H groups in total. The average Bonchev–Trinajstić information content (AvgIpc) is 3.22. The molecular formula is C21H26N4O4. The Morgan fingerprint density at radius 1 is 1.17 bits per heavy atom. The van der Waals surface area contributed by atoms with Gasteiger partial charge in [0.05, 0.1) is 20.3 Å². The van der Waals surface area contributed by atoms with Crippen molar-refractivity contribution in [3.63, 3.8) is 0 Å². The number of anilines is 1. The second-order valence-electron chi connectivity index (χ2n) is 7.19. The van der Waals surface area contributed by atoms with Crippen molar-refractivity contribution in [2.24, 2.45) is 0 Å². The summed E-state index contributed by atoms with van der Waals surface area (Å²) in [7, 11) is 1.65. The van der Waals surface area contributed by atoms with E-state index in [0.29, 0.717) is 57.3 Å². The lowest BCUT2D eigenvalue weighted by Gasteiger charge is -2.37. The van der Waals surface area contributed by atoms with E-state index in [9.17, 15) is 4.79 Å². The van der Waals surface area contributed by atoms with Crippen LogP contribution in [0.4, 0.5) is 5.95 Å². The highest BCUT2D eigenvalue weighted by Crippen LogP contribution is 2.31. The molecule has 2 aliphatic heterocycles. The van der Waals surface area contributed by atoms with Crippen molar-refractivity contribution in [2.75, 3.05) is 45.3 Å². The van der Waals surface area contributed by atoms with Gasteiger partial charge in [-0.3, -0.25) is 4.79 Å². The predicted octanol–water partition coefficient (Wildman–Crippen LogP) is 2.12. The predicted molar refractivity (Wildman–Crippen MR) is 107 cm³/mol. The van der Waals surface area contributed by atoms with Crippen molar-refractivity contribution in [3.05, 3.63) is 47.8 Å². The van der Waals surface area contributed by atoms with Crippen LogP contribution in [0.5, 0.6) is 5.75 Å². The number of nitrogens with zero attached hydrogens (tertiary/aromatic N) is 3. The highest BCUT2D eigenvalue weighted by molar-refractivity contribution is 5.92. The van der Waals surface area contributed by atoms with Gasteiger partial charge in [0.25, 0.3) is 5.91 Å². The lowest BCUT2D eigenvalue weighted by atomic mass is 10.0. The van der Waals surface area contributed by atoms with E-state index in [1.165, 1.54) is 5.56 Å². The van der Waals surface area contributed by atoms with E-state index in [1.54, 1.807) is 24.3 Å². The zero-order valence-electron chi connectivity index (χ0n) is 16.6. The van der Waals surface area contributed by atoms with E-state index in [1.807, 2.05) is 24.3 Å². The van der Waals surface area contributed by atoms with Crippen molar-refractivity contribution in [1.29, 1.82) is 0 Å². The molecule has 4 rings (SSSR count). The summed E-state index contributed by atoms with van der Waals surface area (Å²) in [5, 5.41) is 3.20. The molecule has 1 spiro atoms. The molecule has 2 saturated heterocycles. The lowest BCUT2D eigenvalue weighted by molar-refractivity contribution is -0.181. The van der Waals surface area contributed by atoms with Crippen LogP contribution in [0.1, 0.15) is 28.9 Å². The average molecular weight is 398 g/mol. The van der Waals surface area contributed by atoms with Gasteiger partial charge in [-0.15, -0.1) is 0 Å². The summed E-state index contributed by atoms with van der Waals surface area (Å²) in [6, 6.07) is 9.60. The molecule has 29 heavy (non-hydrogen) atoms. The number of ether oxygens (including phenoxy) is 3. The van der Waals surface area contributed by atoms with Crippen molar-refractivity contribution >= 4 is 11.9 Å². The molecule has 2 aromatic rings. The number of hydrogen-bond acceptors (Lipinski definition) is 7. The molecule has 1 aromatic carbocycles. The summed E-state index contributed by atoms with van der Waals surface area (Å²) < 4.78 is 16.6. The number of hydrogen-bond donors (Lipinski definition) is 1. The lowest BCUT2D eigenvalue weighted by Crippen LogP contribution is -2.47. The molecule has 8 heteroatoms. The zero-order valence-corrected chi connectivity index (χ0v) is 16.6. The van der Waals surface area contributed by atoms with Crippen LogP contribution in [0, 0.1) is 0 Å². The molecule has 3 heterocycles. The van der Waals surface area contributed by atoms with E-state index in [4.69, 9.17) is 14.2 Å². The Labute approximate surface area is 170 Å². The number of piperidine rings is 1. The zero-order chi connectivity index (χ0) is 20.1. The van der Waals surface area contributed by atoms with E-state index in [0.717, 1.165) is 12.2 Å².